The number of ketones is 1. The topological polar surface area (TPSA) is 26.3 Å². The van der Waals surface area contributed by atoms with Crippen LogP contribution in [-0.2, 0) is 9.53 Å². The molecule has 48 valence electrons. The van der Waals surface area contributed by atoms with Crippen LogP contribution in [0.4, 0.5) is 0 Å². The lowest BCUT2D eigenvalue weighted by Gasteiger charge is -1.98. The first-order valence-electron chi connectivity index (χ1n) is 2.02. The molecule has 4 heteroatoms. The first kappa shape index (κ1) is 8.59. The summed E-state index contributed by atoms with van der Waals surface area (Å²) in [5.41, 5.74) is 0. The number of carbonyl (C=O) groups excluding carboxylic acids is 1. The molecule has 0 aliphatic carbocycles. The van der Waals surface area contributed by atoms with Crippen molar-refractivity contribution >= 4 is 37.6 Å². The van der Waals surface area contributed by atoms with Gasteiger partial charge >= 0.3 is 0 Å². The van der Waals surface area contributed by atoms with Crippen molar-refractivity contribution in [1.82, 2.24) is 0 Å². The summed E-state index contributed by atoms with van der Waals surface area (Å²) in [5.74, 6) is 0.0221. The van der Waals surface area contributed by atoms with E-state index in [1.54, 1.807) is 0 Å². The van der Waals surface area contributed by atoms with Gasteiger partial charge in [0.05, 0.1) is 0 Å². The molecule has 0 heterocycles. The van der Waals surface area contributed by atoms with Crippen LogP contribution in [0, 0.1) is 0 Å². The van der Waals surface area contributed by atoms with Gasteiger partial charge < -0.3 is 4.74 Å². The maximum absolute atomic E-state index is 10.2. The first-order valence-corrected chi connectivity index (χ1v) is 3.85. The minimum atomic E-state index is -0.209. The predicted octanol–water partition coefficient (Wildman–Crippen LogP) is 1.67. The number of hydrogen-bond acceptors (Lipinski definition) is 2. The van der Waals surface area contributed by atoms with Crippen LogP contribution in [-0.4, -0.2) is 16.3 Å². The van der Waals surface area contributed by atoms with Gasteiger partial charge in [-0.05, 0) is 38.8 Å². The minimum absolute atomic E-state index is 0.0221. The summed E-state index contributed by atoms with van der Waals surface area (Å²) in [7, 11) is 0. The van der Waals surface area contributed by atoms with Gasteiger partial charge in [0, 0.05) is 0 Å². The van der Waals surface area contributed by atoms with Gasteiger partial charge in [0.25, 0.3) is 0 Å². The van der Waals surface area contributed by atoms with Gasteiger partial charge in [0.2, 0.25) is 0 Å². The molecule has 0 aromatic carbocycles. The fourth-order valence-corrected chi connectivity index (χ4v) is 0.445. The quantitative estimate of drug-likeness (QED) is 0.708. The first-order chi connectivity index (χ1) is 3.63. The molecule has 0 radical (unpaired) electrons. The van der Waals surface area contributed by atoms with E-state index >= 15 is 0 Å². The Morgan fingerprint density at radius 3 is 2.38 bits per heavy atom. The summed E-state index contributed by atoms with van der Waals surface area (Å²) in [6.45, 7) is 1.63. The van der Waals surface area contributed by atoms with Crippen molar-refractivity contribution in [3.8, 4) is 0 Å². The molecule has 0 aliphatic heterocycles. The molecule has 0 N–H and O–H groups in total. The second-order valence-electron chi connectivity index (χ2n) is 1.27. The second kappa shape index (κ2) is 4.47. The van der Waals surface area contributed by atoms with E-state index < -0.39 is 0 Å². The Morgan fingerprint density at radius 2 is 2.25 bits per heavy atom. The van der Waals surface area contributed by atoms with Crippen LogP contribution < -0.4 is 0 Å². The maximum atomic E-state index is 10.2. The third-order valence-corrected chi connectivity index (χ3v) is 0.941. The van der Waals surface area contributed by atoms with Gasteiger partial charge in [-0.1, -0.05) is 0 Å². The van der Waals surface area contributed by atoms with Crippen LogP contribution in [0.5, 0.6) is 0 Å². The zero-order valence-electron chi connectivity index (χ0n) is 4.36. The molecule has 0 rings (SSSR count). The molecule has 0 atom stereocenters. The number of hydrogen-bond donors (Lipinski definition) is 0. The van der Waals surface area contributed by atoms with Crippen molar-refractivity contribution in [2.24, 2.45) is 0 Å². The molecule has 8 heavy (non-hydrogen) atoms. The lowest BCUT2D eigenvalue weighted by atomic mass is 10.5. The molecule has 0 bridgehead atoms. The summed E-state index contributed by atoms with van der Waals surface area (Å²) < 4.78 is 4.58. The maximum Gasteiger partial charge on any atom is 0.167 e. The molecule has 0 aliphatic rings. The van der Waals surface area contributed by atoms with E-state index in [4.69, 9.17) is 4.74 Å². The van der Waals surface area contributed by atoms with E-state index in [0.29, 0.717) is 0 Å². The average Bonchev–Trinajstić information content (AvgIpc) is 1.61. The Balaban J connectivity index is 3.05. The Hall–Kier alpha value is 0.590. The lowest BCUT2D eigenvalue weighted by Crippen LogP contribution is -2.05. The fourth-order valence-electron chi connectivity index (χ4n) is 0.180. The van der Waals surface area contributed by atoms with E-state index in [-0.39, 0.29) is 16.3 Å². The van der Waals surface area contributed by atoms with Crippen LogP contribution >= 0.6 is 31.9 Å². The predicted molar refractivity (Wildman–Crippen MR) is 38.3 cm³/mol. The Labute approximate surface area is 64.8 Å². The Kier molecular flexibility index (Phi) is 4.80. The standard InChI is InChI=1S/C4H6Br2O2/c1-3(7)2-8-4(5)6/h4H,2H2,1H3. The van der Waals surface area contributed by atoms with Crippen molar-refractivity contribution in [1.29, 1.82) is 0 Å². The molecule has 0 saturated carbocycles. The van der Waals surface area contributed by atoms with Crippen molar-refractivity contribution in [3.05, 3.63) is 0 Å². The van der Waals surface area contributed by atoms with E-state index in [2.05, 4.69) is 31.9 Å². The molecule has 0 aromatic rings. The normalized spacial score (nSPS) is 10.0. The molecule has 0 unspecified atom stereocenters. The Bertz CT molecular complexity index is 82.1. The molecular weight excluding hydrogens is 240 g/mol. The van der Waals surface area contributed by atoms with Crippen LogP contribution in [0.2, 0.25) is 0 Å². The van der Waals surface area contributed by atoms with Gasteiger partial charge in [-0.25, -0.2) is 0 Å². The fraction of sp³-hybridized carbons (Fsp3) is 0.750. The summed E-state index contributed by atoms with van der Waals surface area (Å²) in [4.78, 5) is 10.2. The molecule has 0 fully saturated rings. The summed E-state index contributed by atoms with van der Waals surface area (Å²) >= 11 is 6.09. The summed E-state index contributed by atoms with van der Waals surface area (Å²) in [6.07, 6.45) is 0. The monoisotopic (exact) mass is 244 g/mol. The third-order valence-electron chi connectivity index (χ3n) is 0.413. The van der Waals surface area contributed by atoms with Crippen LogP contribution in [0.25, 0.3) is 0 Å². The SMILES string of the molecule is CC(=O)COC(Br)Br. The smallest absolute Gasteiger partial charge is 0.167 e. The summed E-state index contributed by atoms with van der Waals surface area (Å²) in [5, 5.41) is 0. The molecule has 2 nitrogen and oxygen atoms in total. The number of ether oxygens (including phenoxy) is 1. The van der Waals surface area contributed by atoms with E-state index in [1.165, 1.54) is 6.92 Å². The van der Waals surface area contributed by atoms with Crippen LogP contribution in [0.1, 0.15) is 6.92 Å². The van der Waals surface area contributed by atoms with E-state index in [9.17, 15) is 4.79 Å². The highest BCUT2D eigenvalue weighted by atomic mass is 79.9. The van der Waals surface area contributed by atoms with Crippen LogP contribution in [0.15, 0.2) is 0 Å². The minimum Gasteiger partial charge on any atom is -0.349 e. The van der Waals surface area contributed by atoms with Crippen molar-refractivity contribution in [2.45, 2.75) is 10.8 Å². The number of Topliss-reactive ketones (excluding diaryl/α,β-unsaturated/α-hetero) is 1. The highest BCUT2D eigenvalue weighted by Gasteiger charge is 1.97. The van der Waals surface area contributed by atoms with Gasteiger partial charge in [0.1, 0.15) is 6.61 Å². The van der Waals surface area contributed by atoms with Crippen molar-refractivity contribution in [2.75, 3.05) is 6.61 Å². The molecule has 0 saturated heterocycles. The largest absolute Gasteiger partial charge is 0.349 e. The third kappa shape index (κ3) is 6.59. The van der Waals surface area contributed by atoms with Crippen molar-refractivity contribution in [3.63, 3.8) is 0 Å². The molecule has 0 aromatic heterocycles. The summed E-state index contributed by atoms with van der Waals surface area (Å²) in [6, 6.07) is 0. The number of carbonyl (C=O) groups is 1. The van der Waals surface area contributed by atoms with E-state index in [1.807, 2.05) is 0 Å². The number of halogens is 2. The van der Waals surface area contributed by atoms with E-state index in [0.717, 1.165) is 0 Å². The highest BCUT2D eigenvalue weighted by Crippen LogP contribution is 2.08. The van der Waals surface area contributed by atoms with Crippen LogP contribution in [0.3, 0.4) is 0 Å². The van der Waals surface area contributed by atoms with Gasteiger partial charge in [-0.15, -0.1) is 0 Å². The van der Waals surface area contributed by atoms with Gasteiger partial charge in [-0.3, -0.25) is 4.79 Å². The molecule has 0 amide bonds. The Morgan fingerprint density at radius 1 is 1.75 bits per heavy atom. The number of rotatable bonds is 3. The lowest BCUT2D eigenvalue weighted by molar-refractivity contribution is -0.120. The second-order valence-corrected chi connectivity index (χ2v) is 4.17. The zero-order valence-corrected chi connectivity index (χ0v) is 7.53. The van der Waals surface area contributed by atoms with Gasteiger partial charge in [-0.2, -0.15) is 0 Å². The molecule has 0 spiro atoms. The zero-order chi connectivity index (χ0) is 6.57. The number of alkyl halides is 2. The average molecular weight is 246 g/mol. The highest BCUT2D eigenvalue weighted by molar-refractivity contribution is 9.24. The molecular formula is C4H6Br2O2. The van der Waals surface area contributed by atoms with Crippen molar-refractivity contribution < 1.29 is 9.53 Å². The van der Waals surface area contributed by atoms with Gasteiger partial charge in [0.15, 0.2) is 9.71 Å².